The van der Waals surface area contributed by atoms with Gasteiger partial charge < -0.3 is 9.73 Å². The number of hydrogen-bond donors (Lipinski definition) is 1. The van der Waals surface area contributed by atoms with Gasteiger partial charge in [-0.25, -0.2) is 4.98 Å². The van der Waals surface area contributed by atoms with Crippen molar-refractivity contribution in [2.45, 2.75) is 32.9 Å². The minimum Gasteiger partial charge on any atom is -0.472 e. The first-order valence-electron chi connectivity index (χ1n) is 5.46. The molecule has 16 heavy (non-hydrogen) atoms. The number of hydrogen-bond acceptors (Lipinski definition) is 4. The van der Waals surface area contributed by atoms with Crippen LogP contribution in [0.4, 0.5) is 0 Å². The van der Waals surface area contributed by atoms with E-state index in [1.54, 1.807) is 23.9 Å². The summed E-state index contributed by atoms with van der Waals surface area (Å²) in [5.74, 6) is 0. The predicted octanol–water partition coefficient (Wildman–Crippen LogP) is 3.29. The van der Waals surface area contributed by atoms with Gasteiger partial charge in [0.2, 0.25) is 0 Å². The molecule has 0 spiro atoms. The summed E-state index contributed by atoms with van der Waals surface area (Å²) in [4.78, 5) is 4.51. The highest BCUT2D eigenvalue weighted by Gasteiger charge is 2.12. The lowest BCUT2D eigenvalue weighted by Gasteiger charge is -2.13. The fourth-order valence-electron chi connectivity index (χ4n) is 1.57. The van der Waals surface area contributed by atoms with Gasteiger partial charge in [0.25, 0.3) is 0 Å². The molecule has 2 rings (SSSR count). The highest BCUT2D eigenvalue weighted by molar-refractivity contribution is 7.09. The number of aryl methyl sites for hydroxylation is 1. The number of thiazole rings is 1. The van der Waals surface area contributed by atoms with Crippen molar-refractivity contribution in [3.63, 3.8) is 0 Å². The summed E-state index contributed by atoms with van der Waals surface area (Å²) in [5.41, 5.74) is 2.27. The highest BCUT2D eigenvalue weighted by Crippen LogP contribution is 2.21. The summed E-state index contributed by atoms with van der Waals surface area (Å²) >= 11 is 1.72. The lowest BCUT2D eigenvalue weighted by atomic mass is 10.2. The third kappa shape index (κ3) is 2.71. The summed E-state index contributed by atoms with van der Waals surface area (Å²) < 4.78 is 5.04. The van der Waals surface area contributed by atoms with Crippen molar-refractivity contribution in [1.29, 1.82) is 0 Å². The smallest absolute Gasteiger partial charge is 0.110 e. The maximum absolute atomic E-state index is 5.04. The monoisotopic (exact) mass is 236 g/mol. The summed E-state index contributed by atoms with van der Waals surface area (Å²) in [6, 6.07) is 2.32. The van der Waals surface area contributed by atoms with E-state index in [1.807, 2.05) is 13.0 Å². The number of nitrogens with one attached hydrogen (secondary N) is 1. The Kier molecular flexibility index (Phi) is 3.74. The molecule has 0 saturated carbocycles. The standard InChI is InChI=1S/C12H16N2OS/c1-3-11(12-14-9(2)8-16-12)13-6-10-4-5-15-7-10/h4-5,7-8,11,13H,3,6H2,1-2H3. The van der Waals surface area contributed by atoms with Crippen LogP contribution in [0, 0.1) is 6.92 Å². The Bertz CT molecular complexity index is 422. The molecule has 0 radical (unpaired) electrons. The van der Waals surface area contributed by atoms with E-state index in [-0.39, 0.29) is 0 Å². The van der Waals surface area contributed by atoms with Crippen LogP contribution in [0.1, 0.15) is 35.7 Å². The van der Waals surface area contributed by atoms with Crippen LogP contribution < -0.4 is 5.32 Å². The van der Waals surface area contributed by atoms with Crippen molar-refractivity contribution >= 4 is 11.3 Å². The van der Waals surface area contributed by atoms with E-state index in [9.17, 15) is 0 Å². The van der Waals surface area contributed by atoms with Gasteiger partial charge in [0.15, 0.2) is 0 Å². The van der Waals surface area contributed by atoms with Crippen LogP contribution in [-0.4, -0.2) is 4.98 Å². The summed E-state index contributed by atoms with van der Waals surface area (Å²) in [5, 5.41) is 6.75. The average molecular weight is 236 g/mol. The fraction of sp³-hybridized carbons (Fsp3) is 0.417. The van der Waals surface area contributed by atoms with E-state index in [0.29, 0.717) is 6.04 Å². The van der Waals surface area contributed by atoms with Gasteiger partial charge in [-0.05, 0) is 19.4 Å². The van der Waals surface area contributed by atoms with Crippen LogP contribution in [0.2, 0.25) is 0 Å². The molecular weight excluding hydrogens is 220 g/mol. The molecule has 1 atom stereocenters. The van der Waals surface area contributed by atoms with Gasteiger partial charge in [-0.15, -0.1) is 11.3 Å². The molecular formula is C12H16N2OS. The van der Waals surface area contributed by atoms with Crippen LogP contribution >= 0.6 is 11.3 Å². The van der Waals surface area contributed by atoms with Crippen LogP contribution in [0.5, 0.6) is 0 Å². The van der Waals surface area contributed by atoms with Gasteiger partial charge in [-0.2, -0.15) is 0 Å². The molecule has 0 bridgehead atoms. The lowest BCUT2D eigenvalue weighted by molar-refractivity contribution is 0.509. The zero-order valence-electron chi connectivity index (χ0n) is 9.56. The predicted molar refractivity (Wildman–Crippen MR) is 65.4 cm³/mol. The van der Waals surface area contributed by atoms with E-state index in [2.05, 4.69) is 22.6 Å². The Hall–Kier alpha value is -1.13. The zero-order valence-corrected chi connectivity index (χ0v) is 10.4. The van der Waals surface area contributed by atoms with Crippen LogP contribution in [0.3, 0.4) is 0 Å². The number of nitrogens with zero attached hydrogens (tertiary/aromatic N) is 1. The van der Waals surface area contributed by atoms with Crippen LogP contribution in [-0.2, 0) is 6.54 Å². The van der Waals surface area contributed by atoms with Crippen molar-refractivity contribution < 1.29 is 4.42 Å². The van der Waals surface area contributed by atoms with Crippen molar-refractivity contribution in [2.24, 2.45) is 0 Å². The molecule has 0 aliphatic rings. The van der Waals surface area contributed by atoms with Crippen molar-refractivity contribution in [3.8, 4) is 0 Å². The molecule has 1 N–H and O–H groups in total. The molecule has 0 amide bonds. The van der Waals surface area contributed by atoms with Crippen LogP contribution in [0.15, 0.2) is 28.4 Å². The van der Waals surface area contributed by atoms with Crippen molar-refractivity contribution in [3.05, 3.63) is 40.2 Å². The second-order valence-electron chi connectivity index (χ2n) is 3.80. The first-order chi connectivity index (χ1) is 7.79. The molecule has 0 aliphatic carbocycles. The number of aromatic nitrogens is 1. The second kappa shape index (κ2) is 5.27. The molecule has 4 heteroatoms. The van der Waals surface area contributed by atoms with E-state index in [1.165, 1.54) is 10.6 Å². The first kappa shape index (κ1) is 11.4. The molecule has 2 aromatic rings. The quantitative estimate of drug-likeness (QED) is 0.865. The van der Waals surface area contributed by atoms with E-state index in [4.69, 9.17) is 4.42 Å². The Morgan fingerprint density at radius 2 is 2.44 bits per heavy atom. The molecule has 3 nitrogen and oxygen atoms in total. The van der Waals surface area contributed by atoms with Crippen LogP contribution in [0.25, 0.3) is 0 Å². The van der Waals surface area contributed by atoms with Gasteiger partial charge in [-0.1, -0.05) is 6.92 Å². The SMILES string of the molecule is CCC(NCc1ccoc1)c1nc(C)cs1. The first-order valence-corrected chi connectivity index (χ1v) is 6.34. The molecule has 86 valence electrons. The maximum atomic E-state index is 5.04. The number of furan rings is 1. The summed E-state index contributed by atoms with van der Waals surface area (Å²) in [6.45, 7) is 5.03. The van der Waals surface area contributed by atoms with Gasteiger partial charge in [0.1, 0.15) is 5.01 Å². The Labute approximate surface area is 99.5 Å². The molecule has 1 unspecified atom stereocenters. The third-order valence-electron chi connectivity index (χ3n) is 2.48. The van der Waals surface area contributed by atoms with E-state index >= 15 is 0 Å². The molecule has 0 aromatic carbocycles. The Morgan fingerprint density at radius 3 is 3.00 bits per heavy atom. The minimum atomic E-state index is 0.341. The normalized spacial score (nSPS) is 12.9. The fourth-order valence-corrected chi connectivity index (χ4v) is 2.53. The van der Waals surface area contributed by atoms with E-state index in [0.717, 1.165) is 18.7 Å². The second-order valence-corrected chi connectivity index (χ2v) is 4.69. The molecule has 2 aromatic heterocycles. The summed E-state index contributed by atoms with van der Waals surface area (Å²) in [7, 11) is 0. The van der Waals surface area contributed by atoms with Crippen molar-refractivity contribution in [2.75, 3.05) is 0 Å². The van der Waals surface area contributed by atoms with Gasteiger partial charge >= 0.3 is 0 Å². The van der Waals surface area contributed by atoms with Gasteiger partial charge in [-0.3, -0.25) is 0 Å². The minimum absolute atomic E-state index is 0.341. The summed E-state index contributed by atoms with van der Waals surface area (Å²) in [6.07, 6.45) is 4.52. The topological polar surface area (TPSA) is 38.1 Å². The molecule has 0 fully saturated rings. The molecule has 2 heterocycles. The van der Waals surface area contributed by atoms with Gasteiger partial charge in [0, 0.05) is 23.2 Å². The number of rotatable bonds is 5. The van der Waals surface area contributed by atoms with Gasteiger partial charge in [0.05, 0.1) is 18.6 Å². The molecule has 0 saturated heterocycles. The van der Waals surface area contributed by atoms with Crippen molar-refractivity contribution in [1.82, 2.24) is 10.3 Å². The zero-order chi connectivity index (χ0) is 11.4. The highest BCUT2D eigenvalue weighted by atomic mass is 32.1. The largest absolute Gasteiger partial charge is 0.472 e. The Morgan fingerprint density at radius 1 is 1.56 bits per heavy atom. The third-order valence-corrected chi connectivity index (χ3v) is 3.55. The van der Waals surface area contributed by atoms with E-state index < -0.39 is 0 Å². The average Bonchev–Trinajstić information content (AvgIpc) is 2.91. The lowest BCUT2D eigenvalue weighted by Crippen LogP contribution is -2.19. The Balaban J connectivity index is 1.96. The maximum Gasteiger partial charge on any atom is 0.110 e. The molecule has 0 aliphatic heterocycles.